The van der Waals surface area contributed by atoms with Gasteiger partial charge < -0.3 is 19.4 Å². The van der Waals surface area contributed by atoms with Crippen LogP contribution in [0.3, 0.4) is 0 Å². The highest BCUT2D eigenvalue weighted by molar-refractivity contribution is 5.90. The van der Waals surface area contributed by atoms with E-state index < -0.39 is 0 Å². The van der Waals surface area contributed by atoms with Crippen LogP contribution in [-0.4, -0.2) is 37.2 Å². The smallest absolute Gasteiger partial charge is 0.341 e. The maximum atomic E-state index is 11.6. The maximum absolute atomic E-state index is 11.6. The van der Waals surface area contributed by atoms with Crippen LogP contribution in [0, 0.1) is 6.92 Å². The topological polar surface area (TPSA) is 67.6 Å². The van der Waals surface area contributed by atoms with Crippen molar-refractivity contribution < 1.29 is 13.9 Å². The zero-order valence-corrected chi connectivity index (χ0v) is 14.1. The Morgan fingerprint density at radius 3 is 3.12 bits per heavy atom. The van der Waals surface area contributed by atoms with Crippen LogP contribution in [0.25, 0.3) is 0 Å². The number of esters is 1. The molecule has 0 bridgehead atoms. The molecular weight excluding hydrogens is 306 g/mol. The van der Waals surface area contributed by atoms with Gasteiger partial charge in [-0.15, -0.1) is 0 Å². The minimum atomic E-state index is -0.360. The van der Waals surface area contributed by atoms with Gasteiger partial charge in [-0.25, -0.2) is 9.78 Å². The third-order valence-electron chi connectivity index (χ3n) is 4.33. The van der Waals surface area contributed by atoms with Crippen molar-refractivity contribution in [2.75, 3.05) is 25.1 Å². The summed E-state index contributed by atoms with van der Waals surface area (Å²) in [4.78, 5) is 18.4. The summed E-state index contributed by atoms with van der Waals surface area (Å²) in [6.45, 7) is 4.32. The highest BCUT2D eigenvalue weighted by atomic mass is 16.5. The van der Waals surface area contributed by atoms with Gasteiger partial charge in [-0.05, 0) is 38.0 Å². The second kappa shape index (κ2) is 7.49. The Morgan fingerprint density at radius 2 is 2.38 bits per heavy atom. The Morgan fingerprint density at radius 1 is 1.50 bits per heavy atom. The fraction of sp³-hybridized carbons (Fsp3) is 0.444. The summed E-state index contributed by atoms with van der Waals surface area (Å²) in [5, 5.41) is 3.52. The number of carbonyl (C=O) groups is 1. The first-order valence-corrected chi connectivity index (χ1v) is 8.24. The van der Waals surface area contributed by atoms with E-state index in [1.807, 2.05) is 24.4 Å². The van der Waals surface area contributed by atoms with Crippen molar-refractivity contribution in [3.05, 3.63) is 47.5 Å². The molecule has 1 aliphatic rings. The lowest BCUT2D eigenvalue weighted by molar-refractivity contribution is 0.0599. The average Bonchev–Trinajstić information content (AvgIpc) is 3.01. The van der Waals surface area contributed by atoms with Gasteiger partial charge in [0.25, 0.3) is 0 Å². The van der Waals surface area contributed by atoms with Gasteiger partial charge in [0, 0.05) is 25.3 Å². The summed E-state index contributed by atoms with van der Waals surface area (Å²) in [6.07, 6.45) is 4.07. The molecule has 1 fully saturated rings. The molecule has 1 saturated heterocycles. The van der Waals surface area contributed by atoms with E-state index in [0.29, 0.717) is 23.9 Å². The molecule has 1 atom stereocenters. The Balaban J connectivity index is 1.58. The van der Waals surface area contributed by atoms with Crippen LogP contribution in [0.2, 0.25) is 0 Å². The molecule has 2 aromatic rings. The molecule has 3 heterocycles. The normalized spacial score (nSPS) is 17.8. The molecule has 0 saturated carbocycles. The summed E-state index contributed by atoms with van der Waals surface area (Å²) < 4.78 is 10.4. The number of nitrogens with zero attached hydrogens (tertiary/aromatic N) is 2. The van der Waals surface area contributed by atoms with Crippen LogP contribution in [0.4, 0.5) is 5.82 Å². The molecule has 0 radical (unpaired) electrons. The number of piperidine rings is 1. The lowest BCUT2D eigenvalue weighted by Gasteiger charge is -2.34. The molecule has 2 aromatic heterocycles. The SMILES string of the molecule is COC(=O)c1cc(CN[C@H]2CCCN(c3ccccn3)C2)oc1C. The zero-order valence-electron chi connectivity index (χ0n) is 14.1. The van der Waals surface area contributed by atoms with Crippen LogP contribution in [0.15, 0.2) is 34.9 Å². The molecule has 0 spiro atoms. The third kappa shape index (κ3) is 3.76. The number of nitrogens with one attached hydrogen (secondary N) is 1. The molecule has 0 amide bonds. The summed E-state index contributed by atoms with van der Waals surface area (Å²) in [5.41, 5.74) is 0.494. The molecule has 1 aliphatic heterocycles. The largest absolute Gasteiger partial charge is 0.465 e. The van der Waals surface area contributed by atoms with Gasteiger partial charge in [0.2, 0.25) is 0 Å². The first-order valence-electron chi connectivity index (χ1n) is 8.24. The van der Waals surface area contributed by atoms with E-state index in [1.54, 1.807) is 13.0 Å². The number of methoxy groups -OCH3 is 1. The number of pyridine rings is 1. The lowest BCUT2D eigenvalue weighted by Crippen LogP contribution is -2.45. The zero-order chi connectivity index (χ0) is 16.9. The fourth-order valence-electron chi connectivity index (χ4n) is 3.08. The first-order chi connectivity index (χ1) is 11.7. The molecule has 128 valence electrons. The Labute approximate surface area is 141 Å². The number of hydrogen-bond donors (Lipinski definition) is 1. The Hall–Kier alpha value is -2.34. The van der Waals surface area contributed by atoms with Crippen LogP contribution >= 0.6 is 0 Å². The van der Waals surface area contributed by atoms with Gasteiger partial charge in [0.1, 0.15) is 22.9 Å². The van der Waals surface area contributed by atoms with Gasteiger partial charge in [0.15, 0.2) is 0 Å². The quantitative estimate of drug-likeness (QED) is 0.850. The second-order valence-electron chi connectivity index (χ2n) is 6.03. The molecular formula is C18H23N3O3. The van der Waals surface area contributed by atoms with Crippen molar-refractivity contribution in [3.8, 4) is 0 Å². The number of rotatable bonds is 5. The van der Waals surface area contributed by atoms with Gasteiger partial charge in [-0.2, -0.15) is 0 Å². The number of hydrogen-bond acceptors (Lipinski definition) is 6. The number of aromatic nitrogens is 1. The van der Waals surface area contributed by atoms with Gasteiger partial charge in [-0.3, -0.25) is 0 Å². The standard InChI is InChI=1S/C18H23N3O3/c1-13-16(18(22)23-2)10-15(24-13)11-20-14-6-5-9-21(12-14)17-7-3-4-8-19-17/h3-4,7-8,10,14,20H,5-6,9,11-12H2,1-2H3/t14-/m0/s1. The second-order valence-corrected chi connectivity index (χ2v) is 6.03. The molecule has 6 nitrogen and oxygen atoms in total. The minimum absolute atomic E-state index is 0.360. The number of furan rings is 1. The molecule has 0 unspecified atom stereocenters. The van der Waals surface area contributed by atoms with E-state index in [1.165, 1.54) is 7.11 Å². The number of carbonyl (C=O) groups excluding carboxylic acids is 1. The van der Waals surface area contributed by atoms with E-state index >= 15 is 0 Å². The number of anilines is 1. The summed E-state index contributed by atoms with van der Waals surface area (Å²) in [7, 11) is 1.38. The van der Waals surface area contributed by atoms with E-state index in [2.05, 4.69) is 15.2 Å². The van der Waals surface area contributed by atoms with Crippen molar-refractivity contribution >= 4 is 11.8 Å². The highest BCUT2D eigenvalue weighted by Gasteiger charge is 2.21. The first kappa shape index (κ1) is 16.5. The summed E-state index contributed by atoms with van der Waals surface area (Å²) >= 11 is 0. The van der Waals surface area contributed by atoms with E-state index in [0.717, 1.165) is 37.5 Å². The number of aryl methyl sites for hydroxylation is 1. The monoisotopic (exact) mass is 329 g/mol. The molecule has 0 aliphatic carbocycles. The Kier molecular flexibility index (Phi) is 5.15. The predicted octanol–water partition coefficient (Wildman–Crippen LogP) is 2.53. The molecule has 24 heavy (non-hydrogen) atoms. The molecule has 1 N–H and O–H groups in total. The average molecular weight is 329 g/mol. The third-order valence-corrected chi connectivity index (χ3v) is 4.33. The van der Waals surface area contributed by atoms with E-state index in [4.69, 9.17) is 9.15 Å². The van der Waals surface area contributed by atoms with Crippen molar-refractivity contribution in [2.24, 2.45) is 0 Å². The Bertz CT molecular complexity index is 684. The van der Waals surface area contributed by atoms with Gasteiger partial charge in [-0.1, -0.05) is 6.07 Å². The fourth-order valence-corrected chi connectivity index (χ4v) is 3.08. The lowest BCUT2D eigenvalue weighted by atomic mass is 10.1. The molecule has 6 heteroatoms. The van der Waals surface area contributed by atoms with Gasteiger partial charge in [0.05, 0.1) is 13.7 Å². The summed E-state index contributed by atoms with van der Waals surface area (Å²) in [6, 6.07) is 8.11. The van der Waals surface area contributed by atoms with Crippen LogP contribution in [0.5, 0.6) is 0 Å². The van der Waals surface area contributed by atoms with Crippen molar-refractivity contribution in [3.63, 3.8) is 0 Å². The van der Waals surface area contributed by atoms with Crippen molar-refractivity contribution in [1.29, 1.82) is 0 Å². The minimum Gasteiger partial charge on any atom is -0.465 e. The van der Waals surface area contributed by atoms with Crippen LogP contribution < -0.4 is 10.2 Å². The van der Waals surface area contributed by atoms with Crippen LogP contribution in [0.1, 0.15) is 34.7 Å². The molecule has 3 rings (SSSR count). The van der Waals surface area contributed by atoms with E-state index in [-0.39, 0.29) is 5.97 Å². The van der Waals surface area contributed by atoms with Gasteiger partial charge >= 0.3 is 5.97 Å². The molecule has 0 aromatic carbocycles. The van der Waals surface area contributed by atoms with Crippen molar-refractivity contribution in [1.82, 2.24) is 10.3 Å². The van der Waals surface area contributed by atoms with Crippen LogP contribution in [-0.2, 0) is 11.3 Å². The van der Waals surface area contributed by atoms with Crippen molar-refractivity contribution in [2.45, 2.75) is 32.4 Å². The maximum Gasteiger partial charge on any atom is 0.341 e. The predicted molar refractivity (Wildman–Crippen MR) is 91.1 cm³/mol. The summed E-state index contributed by atoms with van der Waals surface area (Å²) in [5.74, 6) is 2.01. The van der Waals surface area contributed by atoms with E-state index in [9.17, 15) is 4.79 Å². The highest BCUT2D eigenvalue weighted by Crippen LogP contribution is 2.19. The number of ether oxygens (including phenoxy) is 1.